The molecule has 0 unspecified atom stereocenters. The first-order chi connectivity index (χ1) is 9.45. The molecular formula is C16H25NO3. The topological polar surface area (TPSA) is 47.6 Å². The molecule has 4 heteroatoms. The van der Waals surface area contributed by atoms with Crippen molar-refractivity contribution in [3.63, 3.8) is 0 Å². The van der Waals surface area contributed by atoms with Crippen LogP contribution >= 0.6 is 0 Å². The van der Waals surface area contributed by atoms with Crippen molar-refractivity contribution in [2.75, 3.05) is 31.7 Å². The molecule has 1 rings (SSSR count). The Labute approximate surface area is 121 Å². The highest BCUT2D eigenvalue weighted by Crippen LogP contribution is 2.28. The average molecular weight is 279 g/mol. The molecule has 0 aromatic heterocycles. The van der Waals surface area contributed by atoms with Crippen molar-refractivity contribution >= 4 is 11.7 Å². The van der Waals surface area contributed by atoms with Crippen LogP contribution in [-0.2, 0) is 19.7 Å². The second-order valence-corrected chi connectivity index (χ2v) is 5.58. The Morgan fingerprint density at radius 3 is 2.60 bits per heavy atom. The fourth-order valence-corrected chi connectivity index (χ4v) is 1.91. The van der Waals surface area contributed by atoms with Gasteiger partial charge in [-0.1, -0.05) is 39.0 Å². The summed E-state index contributed by atoms with van der Waals surface area (Å²) in [5.74, 6) is -0.317. The first-order valence-electron chi connectivity index (χ1n) is 7.02. The van der Waals surface area contributed by atoms with Gasteiger partial charge in [0.1, 0.15) is 6.61 Å². The lowest BCUT2D eigenvalue weighted by atomic mass is 9.86. The maximum atomic E-state index is 11.1. The molecule has 0 atom stereocenters. The molecular weight excluding hydrogens is 254 g/mol. The first kappa shape index (κ1) is 16.5. The maximum absolute atomic E-state index is 11.1. The van der Waals surface area contributed by atoms with E-state index in [0.717, 1.165) is 5.69 Å². The summed E-state index contributed by atoms with van der Waals surface area (Å²) in [7, 11) is 0. The maximum Gasteiger partial charge on any atom is 0.332 e. The highest BCUT2D eigenvalue weighted by atomic mass is 16.6. The van der Waals surface area contributed by atoms with Crippen molar-refractivity contribution in [3.8, 4) is 0 Å². The molecule has 20 heavy (non-hydrogen) atoms. The molecule has 0 saturated carbocycles. The molecule has 0 aliphatic rings. The molecule has 1 N–H and O–H groups in total. The number of carbonyl (C=O) groups is 1. The van der Waals surface area contributed by atoms with Gasteiger partial charge in [-0.05, 0) is 24.0 Å². The van der Waals surface area contributed by atoms with E-state index in [9.17, 15) is 4.79 Å². The Morgan fingerprint density at radius 2 is 1.95 bits per heavy atom. The van der Waals surface area contributed by atoms with E-state index in [1.54, 1.807) is 6.92 Å². The van der Waals surface area contributed by atoms with Gasteiger partial charge in [0, 0.05) is 12.2 Å². The van der Waals surface area contributed by atoms with E-state index in [1.807, 2.05) is 12.1 Å². The number of benzene rings is 1. The highest BCUT2D eigenvalue weighted by Gasteiger charge is 2.16. The van der Waals surface area contributed by atoms with Crippen molar-refractivity contribution in [2.45, 2.75) is 33.1 Å². The Hall–Kier alpha value is -1.55. The minimum absolute atomic E-state index is 0.0104. The number of carbonyl (C=O) groups excluding carboxylic acids is 1. The number of nitrogens with one attached hydrogen (secondary N) is 1. The second kappa shape index (κ2) is 7.90. The summed E-state index contributed by atoms with van der Waals surface area (Å²) in [6.45, 7) is 9.86. The fraction of sp³-hybridized carbons (Fsp3) is 0.562. The molecule has 1 aromatic rings. The minimum atomic E-state index is -0.317. The molecule has 0 saturated heterocycles. The summed E-state index contributed by atoms with van der Waals surface area (Å²) in [5, 5.41) is 3.35. The zero-order valence-corrected chi connectivity index (χ0v) is 12.9. The molecule has 4 nitrogen and oxygen atoms in total. The lowest BCUT2D eigenvalue weighted by Gasteiger charge is -2.23. The highest BCUT2D eigenvalue weighted by molar-refractivity contribution is 5.70. The number of hydrogen-bond acceptors (Lipinski definition) is 4. The third kappa shape index (κ3) is 5.61. The Balaban J connectivity index is 2.38. The SMILES string of the molecule is CCOC(=O)COCCNc1ccccc1C(C)(C)C. The van der Waals surface area contributed by atoms with Gasteiger partial charge in [-0.15, -0.1) is 0 Å². The molecule has 0 aliphatic heterocycles. The van der Waals surface area contributed by atoms with Crippen molar-refractivity contribution in [3.05, 3.63) is 29.8 Å². The van der Waals surface area contributed by atoms with Gasteiger partial charge in [0.25, 0.3) is 0 Å². The molecule has 0 fully saturated rings. The summed E-state index contributed by atoms with van der Waals surface area (Å²) >= 11 is 0. The van der Waals surface area contributed by atoms with E-state index in [1.165, 1.54) is 5.56 Å². The molecule has 0 bridgehead atoms. The second-order valence-electron chi connectivity index (χ2n) is 5.58. The summed E-state index contributed by atoms with van der Waals surface area (Å²) < 4.78 is 10.0. The molecule has 0 amide bonds. The van der Waals surface area contributed by atoms with Crippen LogP contribution in [0.1, 0.15) is 33.3 Å². The predicted octanol–water partition coefficient (Wildman–Crippen LogP) is 2.98. The van der Waals surface area contributed by atoms with E-state index < -0.39 is 0 Å². The van der Waals surface area contributed by atoms with Crippen LogP contribution in [0.3, 0.4) is 0 Å². The monoisotopic (exact) mass is 279 g/mol. The predicted molar refractivity (Wildman–Crippen MR) is 81.1 cm³/mol. The van der Waals surface area contributed by atoms with Gasteiger partial charge in [0.05, 0.1) is 13.2 Å². The summed E-state index contributed by atoms with van der Waals surface area (Å²) in [5.41, 5.74) is 2.47. The first-order valence-corrected chi connectivity index (χ1v) is 7.02. The van der Waals surface area contributed by atoms with Gasteiger partial charge in [0.15, 0.2) is 0 Å². The Bertz CT molecular complexity index is 424. The van der Waals surface area contributed by atoms with Gasteiger partial charge in [-0.3, -0.25) is 0 Å². The van der Waals surface area contributed by atoms with E-state index in [0.29, 0.717) is 19.8 Å². The molecule has 0 spiro atoms. The number of rotatable bonds is 7. The van der Waals surface area contributed by atoms with Crippen LogP contribution in [0.5, 0.6) is 0 Å². The quantitative estimate of drug-likeness (QED) is 0.616. The van der Waals surface area contributed by atoms with E-state index in [2.05, 4.69) is 38.2 Å². The molecule has 1 aromatic carbocycles. The van der Waals surface area contributed by atoms with Crippen molar-refractivity contribution in [1.82, 2.24) is 0 Å². The Morgan fingerprint density at radius 1 is 1.25 bits per heavy atom. The lowest BCUT2D eigenvalue weighted by Crippen LogP contribution is -2.19. The molecule has 112 valence electrons. The smallest absolute Gasteiger partial charge is 0.332 e. The van der Waals surface area contributed by atoms with Gasteiger partial charge in [-0.2, -0.15) is 0 Å². The summed E-state index contributed by atoms with van der Waals surface area (Å²) in [6.07, 6.45) is 0. The summed E-state index contributed by atoms with van der Waals surface area (Å²) in [4.78, 5) is 11.1. The fourth-order valence-electron chi connectivity index (χ4n) is 1.91. The van der Waals surface area contributed by atoms with Gasteiger partial charge in [-0.25, -0.2) is 4.79 Å². The average Bonchev–Trinajstić information content (AvgIpc) is 2.38. The molecule has 0 heterocycles. The van der Waals surface area contributed by atoms with Crippen molar-refractivity contribution < 1.29 is 14.3 Å². The number of hydrogen-bond donors (Lipinski definition) is 1. The Kier molecular flexibility index (Phi) is 6.52. The van der Waals surface area contributed by atoms with Crippen LogP contribution in [0.2, 0.25) is 0 Å². The third-order valence-corrected chi connectivity index (χ3v) is 2.82. The van der Waals surface area contributed by atoms with Crippen LogP contribution in [0.15, 0.2) is 24.3 Å². The molecule has 0 aliphatic carbocycles. The number of anilines is 1. The lowest BCUT2D eigenvalue weighted by molar-refractivity contribution is -0.148. The van der Waals surface area contributed by atoms with Crippen LogP contribution in [0.4, 0.5) is 5.69 Å². The third-order valence-electron chi connectivity index (χ3n) is 2.82. The van der Waals surface area contributed by atoms with Gasteiger partial charge >= 0.3 is 5.97 Å². The number of ether oxygens (including phenoxy) is 2. The van der Waals surface area contributed by atoms with Crippen molar-refractivity contribution in [2.24, 2.45) is 0 Å². The van der Waals surface area contributed by atoms with Crippen molar-refractivity contribution in [1.29, 1.82) is 0 Å². The van der Waals surface area contributed by atoms with E-state index in [-0.39, 0.29) is 18.0 Å². The van der Waals surface area contributed by atoms with Crippen LogP contribution in [-0.4, -0.2) is 32.3 Å². The minimum Gasteiger partial charge on any atom is -0.464 e. The van der Waals surface area contributed by atoms with Crippen LogP contribution in [0, 0.1) is 0 Å². The molecule has 0 radical (unpaired) electrons. The van der Waals surface area contributed by atoms with Gasteiger partial charge in [0.2, 0.25) is 0 Å². The normalized spacial score (nSPS) is 11.2. The van der Waals surface area contributed by atoms with E-state index >= 15 is 0 Å². The number of esters is 1. The largest absolute Gasteiger partial charge is 0.464 e. The standard InChI is InChI=1S/C16H25NO3/c1-5-20-15(18)12-19-11-10-17-14-9-7-6-8-13(14)16(2,3)4/h6-9,17H,5,10-12H2,1-4H3. The number of para-hydroxylation sites is 1. The van der Waals surface area contributed by atoms with Crippen LogP contribution in [0.25, 0.3) is 0 Å². The van der Waals surface area contributed by atoms with E-state index in [4.69, 9.17) is 9.47 Å². The zero-order valence-electron chi connectivity index (χ0n) is 12.9. The van der Waals surface area contributed by atoms with Crippen LogP contribution < -0.4 is 5.32 Å². The van der Waals surface area contributed by atoms with Gasteiger partial charge < -0.3 is 14.8 Å². The zero-order chi connectivity index (χ0) is 15.0. The summed E-state index contributed by atoms with van der Waals surface area (Å²) in [6, 6.07) is 8.24.